The Morgan fingerprint density at radius 1 is 1.00 bits per heavy atom. The van der Waals surface area contributed by atoms with Crippen LogP contribution in [0.5, 0.6) is 0 Å². The first-order valence-electron chi connectivity index (χ1n) is 7.79. The van der Waals surface area contributed by atoms with E-state index >= 15 is 0 Å². The molecule has 0 fully saturated rings. The van der Waals surface area contributed by atoms with Crippen LogP contribution in [0.15, 0.2) is 42.5 Å². The summed E-state index contributed by atoms with van der Waals surface area (Å²) in [5, 5.41) is 11.0. The lowest BCUT2D eigenvalue weighted by Gasteiger charge is -2.25. The van der Waals surface area contributed by atoms with Gasteiger partial charge in [-0.3, -0.25) is 19.6 Å². The van der Waals surface area contributed by atoms with Crippen molar-refractivity contribution in [3.63, 3.8) is 0 Å². The molecule has 1 unspecified atom stereocenters. The second kappa shape index (κ2) is 8.37. The molecule has 0 aliphatic carbocycles. The molecule has 0 spiro atoms. The van der Waals surface area contributed by atoms with Crippen LogP contribution in [0.25, 0.3) is 11.1 Å². The smallest absolute Gasteiger partial charge is 0.275 e. The quantitative estimate of drug-likeness (QED) is 0.416. The number of nitrogens with zero attached hydrogens (tertiary/aromatic N) is 1. The van der Waals surface area contributed by atoms with Crippen molar-refractivity contribution in [2.45, 2.75) is 6.04 Å². The normalized spacial score (nSPS) is 11.4. The van der Waals surface area contributed by atoms with Gasteiger partial charge in [0.15, 0.2) is 6.04 Å². The Balaban J connectivity index is 2.36. The Morgan fingerprint density at radius 2 is 1.63 bits per heavy atom. The maximum atomic E-state index is 14.5. The highest BCUT2D eigenvalue weighted by molar-refractivity contribution is 6.08. The third kappa shape index (κ3) is 4.09. The standard InChI is InChI=1S/C18H17F2N3O4/c1-21-16(24)15(17(25)22-27)23(2)18(26)10-7-8-12(14(20)9-10)11-5-3-4-6-13(11)19/h3-9,15,27H,1-2H3,(H,21,24)(H,22,25). The van der Waals surface area contributed by atoms with Crippen LogP contribution in [0.1, 0.15) is 10.4 Å². The molecule has 0 aliphatic rings. The van der Waals surface area contributed by atoms with E-state index in [4.69, 9.17) is 5.21 Å². The fourth-order valence-corrected chi connectivity index (χ4v) is 2.54. The minimum atomic E-state index is -1.66. The van der Waals surface area contributed by atoms with Crippen molar-refractivity contribution in [3.8, 4) is 11.1 Å². The van der Waals surface area contributed by atoms with Crippen LogP contribution in [0.3, 0.4) is 0 Å². The largest absolute Gasteiger partial charge is 0.357 e. The molecule has 1 atom stereocenters. The number of carbonyl (C=O) groups is 3. The van der Waals surface area contributed by atoms with E-state index in [0.717, 1.165) is 18.0 Å². The summed E-state index contributed by atoms with van der Waals surface area (Å²) in [5.74, 6) is -4.28. The monoisotopic (exact) mass is 377 g/mol. The molecule has 27 heavy (non-hydrogen) atoms. The molecular formula is C18H17F2N3O4. The number of benzene rings is 2. The molecule has 142 valence electrons. The van der Waals surface area contributed by atoms with Gasteiger partial charge in [-0.2, -0.15) is 0 Å². The lowest BCUT2D eigenvalue weighted by atomic mass is 10.0. The van der Waals surface area contributed by atoms with Crippen LogP contribution in [-0.4, -0.2) is 48.0 Å². The number of rotatable bonds is 5. The van der Waals surface area contributed by atoms with Crippen LogP contribution < -0.4 is 10.8 Å². The molecule has 2 aromatic rings. The Morgan fingerprint density at radius 3 is 2.19 bits per heavy atom. The van der Waals surface area contributed by atoms with Gasteiger partial charge in [-0.05, 0) is 18.2 Å². The predicted octanol–water partition coefficient (Wildman–Crippen LogP) is 1.32. The summed E-state index contributed by atoms with van der Waals surface area (Å²) < 4.78 is 28.3. The maximum Gasteiger partial charge on any atom is 0.275 e. The average Bonchev–Trinajstić information content (AvgIpc) is 2.67. The van der Waals surface area contributed by atoms with Crippen molar-refractivity contribution in [1.82, 2.24) is 15.7 Å². The minimum Gasteiger partial charge on any atom is -0.357 e. The highest BCUT2D eigenvalue weighted by atomic mass is 19.1. The van der Waals surface area contributed by atoms with Gasteiger partial charge in [0.05, 0.1) is 0 Å². The molecule has 3 N–H and O–H groups in total. The van der Waals surface area contributed by atoms with E-state index in [0.29, 0.717) is 0 Å². The van der Waals surface area contributed by atoms with Crippen LogP contribution in [0.2, 0.25) is 0 Å². The number of carbonyl (C=O) groups excluding carboxylic acids is 3. The zero-order chi connectivity index (χ0) is 20.1. The van der Waals surface area contributed by atoms with Crippen LogP contribution in [-0.2, 0) is 9.59 Å². The SMILES string of the molecule is CNC(=O)C(C(=O)NO)N(C)C(=O)c1ccc(-c2ccccc2F)c(F)c1. The summed E-state index contributed by atoms with van der Waals surface area (Å²) in [6, 6.07) is 7.30. The second-order valence-electron chi connectivity index (χ2n) is 5.58. The Bertz CT molecular complexity index is 873. The van der Waals surface area contributed by atoms with Crippen molar-refractivity contribution in [3.05, 3.63) is 59.7 Å². The number of hydrogen-bond donors (Lipinski definition) is 3. The third-order valence-electron chi connectivity index (χ3n) is 3.94. The number of amides is 3. The minimum absolute atomic E-state index is 0.0326. The number of likely N-dealkylation sites (N-methyl/N-ethyl adjacent to an activating group) is 2. The molecule has 0 saturated heterocycles. The summed E-state index contributed by atoms with van der Waals surface area (Å²) in [6.45, 7) is 0. The van der Waals surface area contributed by atoms with Crippen molar-refractivity contribution in [2.75, 3.05) is 14.1 Å². The van der Waals surface area contributed by atoms with Gasteiger partial charge in [0.2, 0.25) is 0 Å². The van der Waals surface area contributed by atoms with Gasteiger partial charge in [-0.1, -0.05) is 24.3 Å². The molecule has 0 radical (unpaired) electrons. The molecule has 2 rings (SSSR count). The Kier molecular flexibility index (Phi) is 6.19. The van der Waals surface area contributed by atoms with Gasteiger partial charge in [0.1, 0.15) is 11.6 Å². The van der Waals surface area contributed by atoms with Gasteiger partial charge < -0.3 is 10.2 Å². The number of nitrogens with one attached hydrogen (secondary N) is 2. The summed E-state index contributed by atoms with van der Waals surface area (Å²) in [7, 11) is 2.40. The fraction of sp³-hybridized carbons (Fsp3) is 0.167. The van der Waals surface area contributed by atoms with Crippen LogP contribution in [0.4, 0.5) is 8.78 Å². The van der Waals surface area contributed by atoms with E-state index in [2.05, 4.69) is 5.32 Å². The number of hydrogen-bond acceptors (Lipinski definition) is 4. The summed E-state index contributed by atoms with van der Waals surface area (Å²) in [5.41, 5.74) is 1.14. The molecule has 0 aromatic heterocycles. The maximum absolute atomic E-state index is 14.5. The van der Waals surface area contributed by atoms with Gasteiger partial charge in [0, 0.05) is 30.8 Å². The van der Waals surface area contributed by atoms with E-state index in [-0.39, 0.29) is 16.7 Å². The molecule has 0 heterocycles. The third-order valence-corrected chi connectivity index (χ3v) is 3.94. The summed E-state index contributed by atoms with van der Waals surface area (Å²) in [4.78, 5) is 36.8. The van der Waals surface area contributed by atoms with Crippen molar-refractivity contribution < 1.29 is 28.4 Å². The first-order valence-corrected chi connectivity index (χ1v) is 7.79. The molecular weight excluding hydrogens is 360 g/mol. The Hall–Kier alpha value is -3.33. The van der Waals surface area contributed by atoms with E-state index in [1.165, 1.54) is 42.9 Å². The summed E-state index contributed by atoms with van der Waals surface area (Å²) in [6.07, 6.45) is 0. The molecule has 0 aliphatic heterocycles. The zero-order valence-corrected chi connectivity index (χ0v) is 14.5. The molecule has 3 amide bonds. The molecule has 0 saturated carbocycles. The van der Waals surface area contributed by atoms with E-state index < -0.39 is 35.4 Å². The second-order valence-corrected chi connectivity index (χ2v) is 5.58. The Labute approximate surface area is 153 Å². The highest BCUT2D eigenvalue weighted by Gasteiger charge is 2.33. The lowest BCUT2D eigenvalue weighted by molar-refractivity contribution is -0.140. The van der Waals surface area contributed by atoms with Crippen LogP contribution >= 0.6 is 0 Å². The van der Waals surface area contributed by atoms with Crippen molar-refractivity contribution in [1.29, 1.82) is 0 Å². The first kappa shape index (κ1) is 20.0. The van der Waals surface area contributed by atoms with Gasteiger partial charge >= 0.3 is 0 Å². The van der Waals surface area contributed by atoms with E-state index in [9.17, 15) is 23.2 Å². The number of halogens is 2. The average molecular weight is 377 g/mol. The molecule has 0 bridgehead atoms. The zero-order valence-electron chi connectivity index (χ0n) is 14.5. The van der Waals surface area contributed by atoms with Crippen molar-refractivity contribution in [2.24, 2.45) is 0 Å². The molecule has 2 aromatic carbocycles. The van der Waals surface area contributed by atoms with E-state index in [1.54, 1.807) is 6.07 Å². The topological polar surface area (TPSA) is 98.7 Å². The van der Waals surface area contributed by atoms with Gasteiger partial charge in [0.25, 0.3) is 17.7 Å². The predicted molar refractivity (Wildman–Crippen MR) is 91.7 cm³/mol. The van der Waals surface area contributed by atoms with Crippen molar-refractivity contribution >= 4 is 17.7 Å². The van der Waals surface area contributed by atoms with Gasteiger partial charge in [-0.15, -0.1) is 0 Å². The van der Waals surface area contributed by atoms with E-state index in [1.807, 2.05) is 0 Å². The highest BCUT2D eigenvalue weighted by Crippen LogP contribution is 2.26. The van der Waals surface area contributed by atoms with Crippen LogP contribution in [0, 0.1) is 11.6 Å². The molecule has 9 heteroatoms. The lowest BCUT2D eigenvalue weighted by Crippen LogP contribution is -2.54. The van der Waals surface area contributed by atoms with Gasteiger partial charge in [-0.25, -0.2) is 14.3 Å². The molecule has 7 nitrogen and oxygen atoms in total. The number of hydroxylamine groups is 1. The summed E-state index contributed by atoms with van der Waals surface area (Å²) >= 11 is 0. The first-order chi connectivity index (χ1) is 12.8. The fourth-order valence-electron chi connectivity index (χ4n) is 2.54.